The van der Waals surface area contributed by atoms with E-state index in [1.807, 2.05) is 6.07 Å². The number of benzene rings is 9. The van der Waals surface area contributed by atoms with Crippen LogP contribution in [0.15, 0.2) is 221 Å². The minimum absolute atomic E-state index is 0. The Morgan fingerprint density at radius 1 is 0.391 bits per heavy atom. The van der Waals surface area contributed by atoms with Crippen molar-refractivity contribution in [2.75, 3.05) is 119 Å². The molecule has 0 atom stereocenters. The number of hydrogen-bond donors (Lipinski definition) is 12. The van der Waals surface area contributed by atoms with Gasteiger partial charge in [-0.3, -0.25) is 0 Å². The summed E-state index contributed by atoms with van der Waals surface area (Å²) >= 11 is 6.39. The Labute approximate surface area is 754 Å². The van der Waals surface area contributed by atoms with Crippen LogP contribution in [0.3, 0.4) is 0 Å². The zero-order valence-electron chi connectivity index (χ0n) is 70.7. The summed E-state index contributed by atoms with van der Waals surface area (Å²) < 4.78 is 123. The molecule has 0 radical (unpaired) electrons. The highest BCUT2D eigenvalue weighted by atomic mass is 79.9. The Morgan fingerprint density at radius 2 is 0.742 bits per heavy atom. The van der Waals surface area contributed by atoms with Crippen molar-refractivity contribution in [1.82, 2.24) is 0 Å². The molecule has 37 heteroatoms. The molecule has 0 unspecified atom stereocenters. The molecule has 692 valence electrons. The third-order valence-electron chi connectivity index (χ3n) is 15.6. The first-order valence-electron chi connectivity index (χ1n) is 38.4. The Hall–Kier alpha value is -12.7. The van der Waals surface area contributed by atoms with Crippen LogP contribution in [0, 0.1) is 37.1 Å². The number of halogens is 6. The van der Waals surface area contributed by atoms with E-state index in [1.54, 1.807) is 118 Å². The molecular weight excluding hydrogens is 1820 g/mol. The Morgan fingerprint density at radius 3 is 1.11 bits per heavy atom. The molecule has 9 aromatic rings. The van der Waals surface area contributed by atoms with Crippen LogP contribution in [0.2, 0.25) is 0 Å². The minimum atomic E-state index is -1.59. The predicted molar refractivity (Wildman–Crippen MR) is 475 cm³/mol. The molecule has 128 heavy (non-hydrogen) atoms. The molecule has 0 aliphatic carbocycles. The van der Waals surface area contributed by atoms with E-state index in [0.717, 1.165) is 10.5 Å². The van der Waals surface area contributed by atoms with Crippen LogP contribution in [0.4, 0.5) is 22.4 Å². The van der Waals surface area contributed by atoms with Crippen molar-refractivity contribution >= 4 is 74.5 Å². The number of aliphatic carboxylic acids is 1. The van der Waals surface area contributed by atoms with Gasteiger partial charge in [0.25, 0.3) is 0 Å². The van der Waals surface area contributed by atoms with Gasteiger partial charge in [0.05, 0.1) is 48.6 Å². The molecule has 10 rings (SSSR count). The molecule has 0 bridgehead atoms. The van der Waals surface area contributed by atoms with Crippen LogP contribution >= 0.6 is 31.9 Å². The third-order valence-corrected chi connectivity index (χ3v) is 16.9. The fourth-order valence-electron chi connectivity index (χ4n) is 9.25. The monoisotopic (exact) mass is 1920 g/mol. The van der Waals surface area contributed by atoms with Gasteiger partial charge in [0, 0.05) is 70.7 Å². The number of aliphatic hydroxyl groups excluding tert-OH is 6. The molecule has 9 aromatic carbocycles. The molecule has 0 spiro atoms. The molecule has 0 aromatic heterocycles. The molecule has 1 aliphatic rings. The van der Waals surface area contributed by atoms with E-state index in [-0.39, 0.29) is 158 Å². The van der Waals surface area contributed by atoms with Crippen LogP contribution in [0.5, 0.6) is 69.0 Å². The van der Waals surface area contributed by atoms with E-state index in [4.69, 9.17) is 108 Å². The number of carbonyl (C=O) groups excluding carboxylic acids is 4. The number of aliphatic hydroxyl groups is 6. The number of rotatable bonds is 35. The summed E-state index contributed by atoms with van der Waals surface area (Å²) in [6.45, 7) is 24.3. The molecule has 1 heterocycles. The van der Waals surface area contributed by atoms with Crippen molar-refractivity contribution in [3.63, 3.8) is 0 Å². The first-order chi connectivity index (χ1) is 60.9. The third kappa shape index (κ3) is 41.6. The summed E-state index contributed by atoms with van der Waals surface area (Å²) in [6.07, 6.45) is -0.546. The molecule has 30 nitrogen and oxygen atoms in total. The highest BCUT2D eigenvalue weighted by molar-refractivity contribution is 9.11. The molecular formula is C91H103BBr2F4O30. The molecule has 0 amide bonds. The second-order valence-electron chi connectivity index (χ2n) is 26.0. The van der Waals surface area contributed by atoms with E-state index in [9.17, 15) is 46.6 Å². The number of cyclic esters (lactones) is 2. The van der Waals surface area contributed by atoms with Crippen molar-refractivity contribution < 1.29 is 166 Å². The number of carboxylic acid groups (broad SMARTS) is 1. The number of phenols is 3. The number of carbonyl (C=O) groups is 5. The average Bonchev–Trinajstić information content (AvgIpc) is 1.28. The number of ether oxygens (including phenoxy) is 13. The standard InChI is InChI=1S/C28H29FO8.C17H19FO4.C16H17FO5.C10H13BrO4.C7H8BFO2.C6H5BrO2.C4H6O2.C3H4O3.H2/c1-17(2)26(30)35-13-11-33-21-8-9-22(25(16-21)34-12-14-36-27(31)18(3)4)20-7-10-24(23(29)15-20)37-28(32)19(5)6;1-12-2-3-13(10-16(12)18)15-5-4-14(21-8-6-19)11-17(15)22-9-7-20;17-14-9-11(1-4-15(14)20)13-3-2-12(21-7-5-18)10-16(13)22-8-6-19;11-9-2-1-8(14-5-3-12)7-10(9)15-6-4-13;1-5-2-3-6(8(10)11)4-7(5)9;7-5-2-1-4(8)3-6(5)9;1-3(2)4(5)6;4-3-5-1-2-6-3;/h7-10,15-16H,1,3,5,11-14H2,2,4,6H3;2-5,10-11,19-20H,6-9H2,1H3;1-4,9-10,18-20H,5-8H2;1-2,7,12-13H,3-6H2;2-4,10-11H,1H3;1-3,8-9H;1H2,2H3,(H,5,6);1-2H2;1H. The molecule has 0 saturated carbocycles. The zero-order valence-corrected chi connectivity index (χ0v) is 73.9. The van der Waals surface area contributed by atoms with Crippen LogP contribution in [-0.2, 0) is 38.1 Å². The maximum atomic E-state index is 14.7. The number of phenolic OH excluding ortho intramolecular Hbond substituents is 3. The van der Waals surface area contributed by atoms with Gasteiger partial charge >= 0.3 is 37.2 Å². The Bertz CT molecular complexity index is 4970. The highest BCUT2D eigenvalue weighted by Crippen LogP contribution is 2.39. The van der Waals surface area contributed by atoms with Crippen molar-refractivity contribution in [3.05, 3.63) is 256 Å². The fourth-order valence-corrected chi connectivity index (χ4v) is 9.86. The summed E-state index contributed by atoms with van der Waals surface area (Å²) in [5.41, 5.74) is 5.55. The smallest absolute Gasteiger partial charge is 0.508 e. The summed E-state index contributed by atoms with van der Waals surface area (Å²) in [5.74, 6) is -1.61. The Balaban J connectivity index is 0.000000534. The van der Waals surface area contributed by atoms with E-state index in [1.165, 1.54) is 75.4 Å². The second-order valence-corrected chi connectivity index (χ2v) is 27.7. The topological polar surface area (TPSA) is 448 Å². The Kier molecular flexibility index (Phi) is 51.4. The lowest BCUT2D eigenvalue weighted by Gasteiger charge is -2.15. The van der Waals surface area contributed by atoms with Crippen molar-refractivity contribution in [2.45, 2.75) is 41.5 Å². The van der Waals surface area contributed by atoms with E-state index in [0.29, 0.717) is 108 Å². The van der Waals surface area contributed by atoms with E-state index < -0.39 is 60.4 Å². The normalized spacial score (nSPS) is 10.5. The van der Waals surface area contributed by atoms with Gasteiger partial charge in [-0.05, 0) is 204 Å². The maximum absolute atomic E-state index is 14.7. The summed E-state index contributed by atoms with van der Waals surface area (Å²) in [6, 6.07) is 41.7. The van der Waals surface area contributed by atoms with Crippen LogP contribution in [0.25, 0.3) is 33.4 Å². The van der Waals surface area contributed by atoms with Gasteiger partial charge in [-0.25, -0.2) is 41.5 Å². The van der Waals surface area contributed by atoms with E-state index in [2.05, 4.69) is 67.6 Å². The first-order valence-corrected chi connectivity index (χ1v) is 40.0. The molecule has 1 saturated heterocycles. The van der Waals surface area contributed by atoms with Gasteiger partial charge in [-0.15, -0.1) is 0 Å². The summed E-state index contributed by atoms with van der Waals surface area (Å²) in [5, 5.41) is 105. The summed E-state index contributed by atoms with van der Waals surface area (Å²) in [7, 11) is -1.59. The number of hydrogen-bond acceptors (Lipinski definition) is 29. The quantitative estimate of drug-likeness (QED) is 0.00334. The fraction of sp³-hybridized carbons (Fsp3) is 0.264. The van der Waals surface area contributed by atoms with Gasteiger partial charge in [-0.1, -0.05) is 62.7 Å². The van der Waals surface area contributed by atoms with Crippen LogP contribution in [-0.4, -0.2) is 217 Å². The number of aryl methyl sites for hydroxylation is 2. The van der Waals surface area contributed by atoms with Crippen LogP contribution in [0.1, 0.15) is 40.2 Å². The SMILES string of the molecule is C=C(C)C(=O)O.C=C(C)C(=O)OCCOc1ccc(-c2ccc(OC(=O)C(=C)C)c(F)c2)c(OCCOC(=O)C(=C)C)c1.Cc1ccc(-c2ccc(OCCO)cc2OCCO)cc1F.Cc1ccc(B(O)O)cc1F.O=C1OCCO1.OCCOc1ccc(-c2ccc(O)c(F)c2)c(OCCO)c1.OCCOc1ccc(Br)c(OCCO)c1.Oc1ccc(Br)c(O)c1.[HH]. The van der Waals surface area contributed by atoms with Gasteiger partial charge in [0.2, 0.25) is 0 Å². The lowest BCUT2D eigenvalue weighted by molar-refractivity contribution is -0.140. The first kappa shape index (κ1) is 109. The van der Waals surface area contributed by atoms with Gasteiger partial charge in [-0.2, -0.15) is 0 Å². The number of esters is 3. The molecule has 1 aliphatic heterocycles. The van der Waals surface area contributed by atoms with Crippen LogP contribution < -0.4 is 48.1 Å². The zero-order chi connectivity index (χ0) is 95.4. The maximum Gasteiger partial charge on any atom is 0.508 e. The van der Waals surface area contributed by atoms with Crippen molar-refractivity contribution in [1.29, 1.82) is 0 Å². The number of aromatic hydroxyl groups is 3. The van der Waals surface area contributed by atoms with Crippen molar-refractivity contribution in [3.8, 4) is 102 Å². The van der Waals surface area contributed by atoms with E-state index >= 15 is 0 Å². The lowest BCUT2D eigenvalue weighted by Crippen LogP contribution is -2.30. The predicted octanol–water partition coefficient (Wildman–Crippen LogP) is 13.4. The molecule has 1 fully saturated rings. The molecule has 12 N–H and O–H groups in total. The largest absolute Gasteiger partial charge is 0.508 e. The van der Waals surface area contributed by atoms with Crippen molar-refractivity contribution in [2.24, 2.45) is 0 Å². The van der Waals surface area contributed by atoms with Gasteiger partial charge < -0.3 is 123 Å². The number of carboxylic acids is 1. The summed E-state index contributed by atoms with van der Waals surface area (Å²) in [4.78, 5) is 54.2. The van der Waals surface area contributed by atoms with Gasteiger partial charge in [0.1, 0.15) is 148 Å². The lowest BCUT2D eigenvalue weighted by atomic mass is 9.80. The minimum Gasteiger partial charge on any atom is -0.508 e. The highest BCUT2D eigenvalue weighted by Gasteiger charge is 2.19. The second kappa shape index (κ2) is 60.1. The van der Waals surface area contributed by atoms with Gasteiger partial charge in [0.15, 0.2) is 23.1 Å². The average molecular weight is 1920 g/mol.